The van der Waals surface area contributed by atoms with Gasteiger partial charge in [0.25, 0.3) is 10.1 Å². The molecule has 3 rings (SSSR count). The van der Waals surface area contributed by atoms with E-state index in [0.29, 0.717) is 0 Å². The minimum atomic E-state index is -4.02. The molecule has 0 saturated heterocycles. The topological polar surface area (TPSA) is 54.4 Å². The fraction of sp³-hybridized carbons (Fsp3) is 0.739. The molecular weight excluding hydrogens is 370 g/mol. The second-order valence-electron chi connectivity index (χ2n) is 8.61. The van der Waals surface area contributed by atoms with Crippen molar-refractivity contribution in [3.8, 4) is 0 Å². The van der Waals surface area contributed by atoms with Crippen LogP contribution < -0.4 is 0 Å². The van der Waals surface area contributed by atoms with Crippen LogP contribution >= 0.6 is 0 Å². The van der Waals surface area contributed by atoms with E-state index in [1.165, 1.54) is 93.9 Å². The average Bonchev–Trinajstić information content (AvgIpc) is 2.71. The Hall–Kier alpha value is -0.910. The van der Waals surface area contributed by atoms with E-state index in [1.807, 2.05) is 6.92 Å². The van der Waals surface area contributed by atoms with Crippen molar-refractivity contribution in [1.29, 1.82) is 0 Å². The Morgan fingerprint density at radius 2 is 1.21 bits per heavy atom. The third-order valence-electron chi connectivity index (χ3n) is 7.10. The van der Waals surface area contributed by atoms with E-state index >= 15 is 0 Å². The molecule has 4 nitrogen and oxygen atoms in total. The van der Waals surface area contributed by atoms with E-state index in [2.05, 4.69) is 13.8 Å². The molecule has 160 valence electrons. The molecule has 2 fully saturated rings. The van der Waals surface area contributed by atoms with Gasteiger partial charge in [0.2, 0.25) is 0 Å². The SMILES string of the molecule is CC[N+](CC)(C1CCCCC1)C1CCCCC1.Cc1ccc(S(=O)(=O)O)cc1. The van der Waals surface area contributed by atoms with Crippen LogP contribution in [0.2, 0.25) is 0 Å². The minimum Gasteiger partial charge on any atom is -0.319 e. The first-order valence-electron chi connectivity index (χ1n) is 11.2. The molecule has 0 heterocycles. The predicted molar refractivity (Wildman–Crippen MR) is 116 cm³/mol. The van der Waals surface area contributed by atoms with Gasteiger partial charge in [-0.15, -0.1) is 0 Å². The van der Waals surface area contributed by atoms with Gasteiger partial charge in [0.15, 0.2) is 0 Å². The van der Waals surface area contributed by atoms with Gasteiger partial charge in [0, 0.05) is 0 Å². The van der Waals surface area contributed by atoms with Crippen molar-refractivity contribution in [1.82, 2.24) is 0 Å². The summed E-state index contributed by atoms with van der Waals surface area (Å²) in [6.45, 7) is 9.50. The Bertz CT molecular complexity index is 648. The Balaban J connectivity index is 0.000000221. The van der Waals surface area contributed by atoms with Gasteiger partial charge in [0.1, 0.15) is 0 Å². The van der Waals surface area contributed by atoms with E-state index in [-0.39, 0.29) is 4.90 Å². The monoisotopic (exact) mass is 410 g/mol. The van der Waals surface area contributed by atoms with Crippen LogP contribution in [0.15, 0.2) is 29.2 Å². The molecule has 2 saturated carbocycles. The Kier molecular flexibility index (Phi) is 8.97. The molecule has 0 aromatic heterocycles. The summed E-state index contributed by atoms with van der Waals surface area (Å²) in [6.07, 6.45) is 15.0. The Labute approximate surface area is 172 Å². The van der Waals surface area contributed by atoms with Gasteiger partial charge < -0.3 is 4.48 Å². The fourth-order valence-electron chi connectivity index (χ4n) is 5.46. The molecule has 0 unspecified atom stereocenters. The summed E-state index contributed by atoms with van der Waals surface area (Å²) in [4.78, 5) is -0.0666. The zero-order chi connectivity index (χ0) is 20.6. The smallest absolute Gasteiger partial charge is 0.294 e. The van der Waals surface area contributed by atoms with Gasteiger partial charge in [-0.3, -0.25) is 4.55 Å². The van der Waals surface area contributed by atoms with Crippen molar-refractivity contribution in [3.05, 3.63) is 29.8 Å². The number of quaternary nitrogens is 1. The standard InChI is InChI=1S/C16H32N.C7H8O3S/c1-3-17(4-2,15-11-7-5-8-12-15)16-13-9-6-10-14-16;1-6-2-4-7(5-3-6)11(8,9)10/h15-16H,3-14H2,1-2H3;2-5H,1H3,(H,8,9,10)/q+1;. The summed E-state index contributed by atoms with van der Waals surface area (Å²) in [5, 5.41) is 0. The second-order valence-corrected chi connectivity index (χ2v) is 10.0. The second kappa shape index (κ2) is 10.7. The summed E-state index contributed by atoms with van der Waals surface area (Å²) in [5.41, 5.74) is 0.956. The first-order valence-corrected chi connectivity index (χ1v) is 12.7. The third kappa shape index (κ3) is 6.04. The summed E-state index contributed by atoms with van der Waals surface area (Å²) >= 11 is 0. The predicted octanol–water partition coefficient (Wildman–Crippen LogP) is 5.75. The van der Waals surface area contributed by atoms with Gasteiger partial charge in [-0.2, -0.15) is 8.42 Å². The van der Waals surface area contributed by atoms with Crippen LogP contribution in [0.5, 0.6) is 0 Å². The van der Waals surface area contributed by atoms with Crippen LogP contribution in [-0.2, 0) is 10.1 Å². The van der Waals surface area contributed by atoms with Crippen LogP contribution in [0.1, 0.15) is 83.6 Å². The van der Waals surface area contributed by atoms with Gasteiger partial charge in [0.05, 0.1) is 30.1 Å². The van der Waals surface area contributed by atoms with Crippen LogP contribution in [0.25, 0.3) is 0 Å². The maximum absolute atomic E-state index is 10.5. The van der Waals surface area contributed by atoms with Crippen molar-refractivity contribution in [2.24, 2.45) is 0 Å². The molecule has 5 heteroatoms. The molecule has 0 aliphatic heterocycles. The van der Waals surface area contributed by atoms with Crippen LogP contribution in [-0.4, -0.2) is 42.6 Å². The normalized spacial score (nSPS) is 19.7. The van der Waals surface area contributed by atoms with E-state index in [9.17, 15) is 8.42 Å². The largest absolute Gasteiger partial charge is 0.319 e. The molecule has 2 aliphatic rings. The van der Waals surface area contributed by atoms with Crippen LogP contribution in [0.4, 0.5) is 0 Å². The lowest BCUT2D eigenvalue weighted by Gasteiger charge is -2.51. The lowest BCUT2D eigenvalue weighted by atomic mass is 9.85. The first kappa shape index (κ1) is 23.4. The lowest BCUT2D eigenvalue weighted by molar-refractivity contribution is -0.972. The molecule has 0 bridgehead atoms. The summed E-state index contributed by atoms with van der Waals surface area (Å²) < 4.78 is 31.0. The summed E-state index contributed by atoms with van der Waals surface area (Å²) in [6, 6.07) is 7.99. The Morgan fingerprint density at radius 1 is 0.821 bits per heavy atom. The summed E-state index contributed by atoms with van der Waals surface area (Å²) in [7, 11) is -4.02. The van der Waals surface area contributed by atoms with Crippen molar-refractivity contribution in [2.75, 3.05) is 13.1 Å². The van der Waals surface area contributed by atoms with Crippen molar-refractivity contribution < 1.29 is 17.5 Å². The van der Waals surface area contributed by atoms with Gasteiger partial charge in [-0.1, -0.05) is 30.5 Å². The molecule has 0 spiro atoms. The Morgan fingerprint density at radius 3 is 1.54 bits per heavy atom. The van der Waals surface area contributed by atoms with E-state index in [0.717, 1.165) is 17.6 Å². The fourth-order valence-corrected chi connectivity index (χ4v) is 5.94. The highest BCUT2D eigenvalue weighted by Gasteiger charge is 2.41. The van der Waals surface area contributed by atoms with Crippen molar-refractivity contribution in [2.45, 2.75) is 102 Å². The molecule has 1 aromatic rings. The zero-order valence-corrected chi connectivity index (χ0v) is 18.9. The van der Waals surface area contributed by atoms with Crippen molar-refractivity contribution in [3.63, 3.8) is 0 Å². The first-order chi connectivity index (χ1) is 13.3. The van der Waals surface area contributed by atoms with E-state index in [1.54, 1.807) is 12.1 Å². The maximum atomic E-state index is 10.5. The molecule has 2 aliphatic carbocycles. The highest BCUT2D eigenvalue weighted by Crippen LogP contribution is 2.36. The minimum absolute atomic E-state index is 0.0666. The highest BCUT2D eigenvalue weighted by molar-refractivity contribution is 7.85. The highest BCUT2D eigenvalue weighted by atomic mass is 32.2. The van der Waals surface area contributed by atoms with Gasteiger partial charge in [-0.25, -0.2) is 0 Å². The molecule has 1 N–H and O–H groups in total. The van der Waals surface area contributed by atoms with Gasteiger partial charge >= 0.3 is 0 Å². The van der Waals surface area contributed by atoms with Crippen molar-refractivity contribution >= 4 is 10.1 Å². The maximum Gasteiger partial charge on any atom is 0.294 e. The zero-order valence-electron chi connectivity index (χ0n) is 18.1. The van der Waals surface area contributed by atoms with Crippen LogP contribution in [0, 0.1) is 6.92 Å². The molecular formula is C23H40NO3S+. The summed E-state index contributed by atoms with van der Waals surface area (Å²) in [5.74, 6) is 0. The number of benzene rings is 1. The van der Waals surface area contributed by atoms with Gasteiger partial charge in [-0.05, 0) is 84.3 Å². The average molecular weight is 411 g/mol. The number of hydrogen-bond acceptors (Lipinski definition) is 2. The number of rotatable bonds is 5. The molecule has 28 heavy (non-hydrogen) atoms. The van der Waals surface area contributed by atoms with E-state index < -0.39 is 10.1 Å². The molecule has 0 amide bonds. The number of nitrogens with zero attached hydrogens (tertiary/aromatic N) is 1. The third-order valence-corrected chi connectivity index (χ3v) is 7.97. The van der Waals surface area contributed by atoms with Crippen LogP contribution in [0.3, 0.4) is 0 Å². The molecule has 1 aromatic carbocycles. The lowest BCUT2D eigenvalue weighted by Crippen LogP contribution is -2.62. The molecule has 0 radical (unpaired) electrons. The van der Waals surface area contributed by atoms with E-state index in [4.69, 9.17) is 4.55 Å². The number of aryl methyl sites for hydroxylation is 1. The quantitative estimate of drug-likeness (QED) is 0.497. The number of hydrogen-bond donors (Lipinski definition) is 1. The molecule has 0 atom stereocenters.